The van der Waals surface area contributed by atoms with Crippen LogP contribution in [0.3, 0.4) is 0 Å². The van der Waals surface area contributed by atoms with E-state index in [0.717, 1.165) is 48.5 Å². The van der Waals surface area contributed by atoms with Gasteiger partial charge in [-0.3, -0.25) is 20.6 Å². The molecule has 0 saturated heterocycles. The Kier molecular flexibility index (Phi) is 8.92. The zero-order valence-corrected chi connectivity index (χ0v) is 18.2. The molecule has 0 aliphatic carbocycles. The van der Waals surface area contributed by atoms with Crippen LogP contribution in [0.5, 0.6) is 0 Å². The van der Waals surface area contributed by atoms with Crippen LogP contribution in [-0.4, -0.2) is 44.9 Å². The minimum Gasteiger partial charge on any atom is -0.370 e. The maximum absolute atomic E-state index is 5.89. The van der Waals surface area contributed by atoms with Crippen molar-refractivity contribution < 1.29 is 0 Å². The van der Waals surface area contributed by atoms with E-state index in [-0.39, 0.29) is 0 Å². The second-order valence-corrected chi connectivity index (χ2v) is 7.15. The molecule has 2 aromatic heterocycles. The van der Waals surface area contributed by atoms with E-state index >= 15 is 0 Å². The Labute approximate surface area is 177 Å². The van der Waals surface area contributed by atoms with E-state index in [1.165, 1.54) is 0 Å². The third-order valence-electron chi connectivity index (χ3n) is 4.07. The standard InChI is InChI=1S/C20H32N10/c1-13-11-14(2)26-19(25-13)29-17(21)23-9-7-5-6-8-10-24-18(22)30-20-27-15(3)12-16(4)28-20/h11-12H,5-10H2,1-4H3,(H3,21,23,25,26,29)(H3,22,24,27,28,30). The molecule has 10 nitrogen and oxygen atoms in total. The van der Waals surface area contributed by atoms with Crippen molar-refractivity contribution in [3.63, 3.8) is 0 Å². The first kappa shape index (κ1) is 23.0. The number of hydrogen-bond donors (Lipinski definition) is 4. The molecule has 0 saturated carbocycles. The molecule has 0 unspecified atom stereocenters. The Morgan fingerprint density at radius 3 is 1.33 bits per heavy atom. The van der Waals surface area contributed by atoms with E-state index in [0.29, 0.717) is 36.9 Å². The summed E-state index contributed by atoms with van der Waals surface area (Å²) in [4.78, 5) is 25.8. The van der Waals surface area contributed by atoms with Gasteiger partial charge in [-0.25, -0.2) is 19.9 Å². The molecule has 10 heteroatoms. The minimum absolute atomic E-state index is 0.331. The third kappa shape index (κ3) is 8.80. The second kappa shape index (κ2) is 11.6. The van der Waals surface area contributed by atoms with Gasteiger partial charge in [0.15, 0.2) is 11.9 Å². The van der Waals surface area contributed by atoms with E-state index in [1.807, 2.05) is 39.8 Å². The molecule has 0 bridgehead atoms. The normalized spacial score (nSPS) is 12.1. The number of guanidine groups is 2. The number of anilines is 2. The highest BCUT2D eigenvalue weighted by atomic mass is 15.2. The van der Waals surface area contributed by atoms with E-state index < -0.39 is 0 Å². The fourth-order valence-corrected chi connectivity index (χ4v) is 2.85. The van der Waals surface area contributed by atoms with Gasteiger partial charge in [-0.2, -0.15) is 0 Å². The number of nitrogens with zero attached hydrogens (tertiary/aromatic N) is 6. The largest absolute Gasteiger partial charge is 0.370 e. The van der Waals surface area contributed by atoms with E-state index in [9.17, 15) is 0 Å². The third-order valence-corrected chi connectivity index (χ3v) is 4.07. The second-order valence-electron chi connectivity index (χ2n) is 7.15. The maximum atomic E-state index is 5.89. The summed E-state index contributed by atoms with van der Waals surface area (Å²) in [6.07, 6.45) is 3.98. The summed E-state index contributed by atoms with van der Waals surface area (Å²) >= 11 is 0. The molecule has 2 aromatic rings. The SMILES string of the molecule is Cc1cc(C)nc(NC(N)=NCCCCCCN=C(N)Nc2nc(C)cc(C)n2)n1. The first-order valence-electron chi connectivity index (χ1n) is 10.1. The Balaban J connectivity index is 1.60. The van der Waals surface area contributed by atoms with Gasteiger partial charge in [0.1, 0.15) is 0 Å². The van der Waals surface area contributed by atoms with E-state index in [4.69, 9.17) is 11.5 Å². The molecule has 0 aromatic carbocycles. The summed E-state index contributed by atoms with van der Waals surface area (Å²) in [6, 6.07) is 3.81. The lowest BCUT2D eigenvalue weighted by molar-refractivity contribution is 0.654. The summed E-state index contributed by atoms with van der Waals surface area (Å²) < 4.78 is 0. The van der Waals surface area contributed by atoms with Gasteiger partial charge in [-0.05, 0) is 52.7 Å². The van der Waals surface area contributed by atoms with Gasteiger partial charge in [0, 0.05) is 35.9 Å². The maximum Gasteiger partial charge on any atom is 0.229 e. The lowest BCUT2D eigenvalue weighted by Crippen LogP contribution is -2.24. The predicted molar refractivity (Wildman–Crippen MR) is 122 cm³/mol. The molecule has 30 heavy (non-hydrogen) atoms. The van der Waals surface area contributed by atoms with Crippen LogP contribution in [-0.2, 0) is 0 Å². The number of rotatable bonds is 9. The smallest absolute Gasteiger partial charge is 0.229 e. The topological polar surface area (TPSA) is 152 Å². The Bertz CT molecular complexity index is 777. The zero-order chi connectivity index (χ0) is 21.9. The highest BCUT2D eigenvalue weighted by Gasteiger charge is 2.02. The Hall–Kier alpha value is -3.30. The highest BCUT2D eigenvalue weighted by molar-refractivity contribution is 5.91. The van der Waals surface area contributed by atoms with Crippen molar-refractivity contribution in [2.45, 2.75) is 53.4 Å². The van der Waals surface area contributed by atoms with E-state index in [2.05, 4.69) is 40.6 Å². The van der Waals surface area contributed by atoms with Crippen molar-refractivity contribution in [2.75, 3.05) is 23.7 Å². The van der Waals surface area contributed by atoms with Crippen molar-refractivity contribution >= 4 is 23.8 Å². The Morgan fingerprint density at radius 1 is 0.667 bits per heavy atom. The summed E-state index contributed by atoms with van der Waals surface area (Å²) in [5, 5.41) is 5.86. The summed E-state index contributed by atoms with van der Waals surface area (Å²) in [6.45, 7) is 8.97. The van der Waals surface area contributed by atoms with Crippen molar-refractivity contribution in [2.24, 2.45) is 21.5 Å². The average Bonchev–Trinajstić information content (AvgIpc) is 2.62. The lowest BCUT2D eigenvalue weighted by Gasteiger charge is -2.06. The molecule has 0 spiro atoms. The monoisotopic (exact) mass is 412 g/mol. The molecule has 0 atom stereocenters. The minimum atomic E-state index is 0.331. The molecular weight excluding hydrogens is 380 g/mol. The number of nitrogens with one attached hydrogen (secondary N) is 2. The van der Waals surface area contributed by atoms with Gasteiger partial charge < -0.3 is 11.5 Å². The number of unbranched alkanes of at least 4 members (excludes halogenated alkanes) is 3. The van der Waals surface area contributed by atoms with Crippen LogP contribution >= 0.6 is 0 Å². The number of aryl methyl sites for hydroxylation is 4. The van der Waals surface area contributed by atoms with Crippen molar-refractivity contribution in [1.82, 2.24) is 19.9 Å². The van der Waals surface area contributed by atoms with Crippen LogP contribution in [0.2, 0.25) is 0 Å². The van der Waals surface area contributed by atoms with Crippen LogP contribution in [0.4, 0.5) is 11.9 Å². The molecule has 0 fully saturated rings. The number of hydrogen-bond acceptors (Lipinski definition) is 6. The molecule has 0 radical (unpaired) electrons. The fraction of sp³-hybridized carbons (Fsp3) is 0.500. The molecular formula is C20H32N10. The Morgan fingerprint density at radius 2 is 1.00 bits per heavy atom. The fourth-order valence-electron chi connectivity index (χ4n) is 2.85. The molecule has 6 N–H and O–H groups in total. The van der Waals surface area contributed by atoms with Gasteiger partial charge in [0.05, 0.1) is 0 Å². The van der Waals surface area contributed by atoms with Crippen molar-refractivity contribution in [3.8, 4) is 0 Å². The van der Waals surface area contributed by atoms with Crippen LogP contribution in [0, 0.1) is 27.7 Å². The first-order valence-corrected chi connectivity index (χ1v) is 10.1. The van der Waals surface area contributed by atoms with Crippen LogP contribution in [0.15, 0.2) is 22.1 Å². The van der Waals surface area contributed by atoms with Gasteiger partial charge in [0.2, 0.25) is 11.9 Å². The number of nitrogens with two attached hydrogens (primary N) is 2. The van der Waals surface area contributed by atoms with E-state index in [1.54, 1.807) is 0 Å². The number of aliphatic imine (C=N–C) groups is 2. The molecule has 2 rings (SSSR count). The molecule has 162 valence electrons. The first-order chi connectivity index (χ1) is 14.3. The predicted octanol–water partition coefficient (Wildman–Crippen LogP) is 2.21. The van der Waals surface area contributed by atoms with Gasteiger partial charge in [-0.15, -0.1) is 0 Å². The van der Waals surface area contributed by atoms with Crippen LogP contribution < -0.4 is 22.1 Å². The molecule has 2 heterocycles. The number of aromatic nitrogens is 4. The average molecular weight is 413 g/mol. The lowest BCUT2D eigenvalue weighted by atomic mass is 10.2. The quantitative estimate of drug-likeness (QED) is 0.278. The van der Waals surface area contributed by atoms with Crippen molar-refractivity contribution in [3.05, 3.63) is 34.9 Å². The van der Waals surface area contributed by atoms with Crippen LogP contribution in [0.25, 0.3) is 0 Å². The van der Waals surface area contributed by atoms with Gasteiger partial charge >= 0.3 is 0 Å². The van der Waals surface area contributed by atoms with Gasteiger partial charge in [-0.1, -0.05) is 12.8 Å². The highest BCUT2D eigenvalue weighted by Crippen LogP contribution is 2.05. The molecule has 0 aliphatic heterocycles. The summed E-state index contributed by atoms with van der Waals surface area (Å²) in [7, 11) is 0. The van der Waals surface area contributed by atoms with Crippen molar-refractivity contribution in [1.29, 1.82) is 0 Å². The summed E-state index contributed by atoms with van der Waals surface area (Å²) in [5.74, 6) is 1.61. The zero-order valence-electron chi connectivity index (χ0n) is 18.2. The van der Waals surface area contributed by atoms with Crippen LogP contribution in [0.1, 0.15) is 48.5 Å². The molecule has 0 aliphatic rings. The molecule has 0 amide bonds. The summed E-state index contributed by atoms with van der Waals surface area (Å²) in [5.41, 5.74) is 15.3. The van der Waals surface area contributed by atoms with Gasteiger partial charge in [0.25, 0.3) is 0 Å².